The van der Waals surface area contributed by atoms with E-state index >= 15 is 0 Å². The van der Waals surface area contributed by atoms with Crippen LogP contribution in [0.25, 0.3) is 0 Å². The molecule has 0 aliphatic heterocycles. The Morgan fingerprint density at radius 1 is 1.05 bits per heavy atom. The highest BCUT2D eigenvalue weighted by Crippen LogP contribution is 2.31. The molecule has 0 spiro atoms. The summed E-state index contributed by atoms with van der Waals surface area (Å²) >= 11 is 0. The molecular weight excluding hydrogens is 258 g/mol. The van der Waals surface area contributed by atoms with E-state index in [0.717, 1.165) is 25.9 Å². The number of hydrogen-bond acceptors (Lipinski definition) is 2. The van der Waals surface area contributed by atoms with Crippen LogP contribution in [-0.4, -0.2) is 23.8 Å². The second-order valence-corrected chi connectivity index (χ2v) is 7.06. The SMILES string of the molecule is OC1(CNCC2CCCc3ccccc32)CCCCCC1. The maximum atomic E-state index is 10.7. The average Bonchev–Trinajstić information content (AvgIpc) is 2.73. The third-order valence-corrected chi connectivity index (χ3v) is 5.37. The molecule has 1 fully saturated rings. The van der Waals surface area contributed by atoms with E-state index in [1.165, 1.54) is 56.1 Å². The fourth-order valence-electron chi connectivity index (χ4n) is 4.11. The van der Waals surface area contributed by atoms with Crippen molar-refractivity contribution in [1.82, 2.24) is 5.32 Å². The molecule has 116 valence electrons. The van der Waals surface area contributed by atoms with Crippen molar-refractivity contribution in [2.75, 3.05) is 13.1 Å². The molecule has 1 atom stereocenters. The van der Waals surface area contributed by atoms with Crippen molar-refractivity contribution >= 4 is 0 Å². The third-order valence-electron chi connectivity index (χ3n) is 5.37. The number of aliphatic hydroxyl groups is 1. The minimum Gasteiger partial charge on any atom is -0.389 e. The van der Waals surface area contributed by atoms with Crippen molar-refractivity contribution < 1.29 is 5.11 Å². The quantitative estimate of drug-likeness (QED) is 0.826. The Kier molecular flexibility index (Phi) is 4.97. The predicted molar refractivity (Wildman–Crippen MR) is 87.6 cm³/mol. The maximum absolute atomic E-state index is 10.7. The smallest absolute Gasteiger partial charge is 0.0771 e. The molecule has 1 aromatic rings. The Bertz CT molecular complexity index is 449. The normalized spacial score (nSPS) is 25.1. The summed E-state index contributed by atoms with van der Waals surface area (Å²) in [6.45, 7) is 1.78. The van der Waals surface area contributed by atoms with Gasteiger partial charge >= 0.3 is 0 Å². The third kappa shape index (κ3) is 3.87. The Morgan fingerprint density at radius 2 is 1.81 bits per heavy atom. The van der Waals surface area contributed by atoms with Gasteiger partial charge in [-0.2, -0.15) is 0 Å². The van der Waals surface area contributed by atoms with Crippen LogP contribution in [0.15, 0.2) is 24.3 Å². The molecule has 1 aromatic carbocycles. The van der Waals surface area contributed by atoms with Crippen molar-refractivity contribution in [2.24, 2.45) is 0 Å². The van der Waals surface area contributed by atoms with E-state index in [9.17, 15) is 5.11 Å². The van der Waals surface area contributed by atoms with Gasteiger partial charge in [0.1, 0.15) is 0 Å². The van der Waals surface area contributed by atoms with Crippen molar-refractivity contribution in [3.8, 4) is 0 Å². The molecule has 2 aliphatic carbocycles. The molecule has 0 heterocycles. The molecule has 1 saturated carbocycles. The van der Waals surface area contributed by atoms with E-state index in [-0.39, 0.29) is 0 Å². The summed E-state index contributed by atoms with van der Waals surface area (Å²) in [5, 5.41) is 14.3. The monoisotopic (exact) mass is 287 g/mol. The highest BCUT2D eigenvalue weighted by molar-refractivity contribution is 5.32. The number of nitrogens with one attached hydrogen (secondary N) is 1. The molecule has 0 saturated heterocycles. The first kappa shape index (κ1) is 15.1. The molecule has 2 heteroatoms. The summed E-state index contributed by atoms with van der Waals surface area (Å²) < 4.78 is 0. The molecule has 0 bridgehead atoms. The second kappa shape index (κ2) is 6.93. The van der Waals surface area contributed by atoms with Gasteiger partial charge in [0, 0.05) is 13.1 Å². The highest BCUT2D eigenvalue weighted by Gasteiger charge is 2.28. The zero-order chi connectivity index (χ0) is 14.5. The Balaban J connectivity index is 1.54. The van der Waals surface area contributed by atoms with Crippen molar-refractivity contribution in [3.05, 3.63) is 35.4 Å². The number of aryl methyl sites for hydroxylation is 1. The molecule has 2 N–H and O–H groups in total. The summed E-state index contributed by atoms with van der Waals surface area (Å²) in [5.41, 5.74) is 2.61. The summed E-state index contributed by atoms with van der Waals surface area (Å²) in [6, 6.07) is 8.89. The lowest BCUT2D eigenvalue weighted by Gasteiger charge is -2.30. The fraction of sp³-hybridized carbons (Fsp3) is 0.684. The number of hydrogen-bond donors (Lipinski definition) is 2. The molecule has 2 nitrogen and oxygen atoms in total. The molecule has 2 aliphatic rings. The van der Waals surface area contributed by atoms with E-state index in [4.69, 9.17) is 0 Å². The van der Waals surface area contributed by atoms with Crippen LogP contribution in [0.2, 0.25) is 0 Å². The van der Waals surface area contributed by atoms with Crippen LogP contribution in [0.1, 0.15) is 68.4 Å². The lowest BCUT2D eigenvalue weighted by Crippen LogP contribution is -2.41. The van der Waals surface area contributed by atoms with E-state index in [1.807, 2.05) is 0 Å². The largest absolute Gasteiger partial charge is 0.389 e. The van der Waals surface area contributed by atoms with E-state index in [1.54, 1.807) is 0 Å². The first-order valence-corrected chi connectivity index (χ1v) is 8.78. The summed E-state index contributed by atoms with van der Waals surface area (Å²) in [4.78, 5) is 0. The molecule has 0 amide bonds. The van der Waals surface area contributed by atoms with Crippen LogP contribution < -0.4 is 5.32 Å². The van der Waals surface area contributed by atoms with Gasteiger partial charge in [-0.1, -0.05) is 49.9 Å². The summed E-state index contributed by atoms with van der Waals surface area (Å²) in [7, 11) is 0. The van der Waals surface area contributed by atoms with E-state index in [0.29, 0.717) is 5.92 Å². The van der Waals surface area contributed by atoms with Crippen molar-refractivity contribution in [1.29, 1.82) is 0 Å². The minimum atomic E-state index is -0.454. The second-order valence-electron chi connectivity index (χ2n) is 7.06. The maximum Gasteiger partial charge on any atom is 0.0771 e. The van der Waals surface area contributed by atoms with Crippen LogP contribution in [-0.2, 0) is 6.42 Å². The zero-order valence-corrected chi connectivity index (χ0v) is 13.1. The van der Waals surface area contributed by atoms with Gasteiger partial charge in [-0.3, -0.25) is 0 Å². The number of rotatable bonds is 4. The summed E-state index contributed by atoms with van der Waals surface area (Å²) in [5.74, 6) is 0.629. The lowest BCUT2D eigenvalue weighted by atomic mass is 9.82. The van der Waals surface area contributed by atoms with Crippen LogP contribution in [0.4, 0.5) is 0 Å². The molecule has 21 heavy (non-hydrogen) atoms. The predicted octanol–water partition coefficient (Wildman–Crippen LogP) is 3.78. The van der Waals surface area contributed by atoms with Crippen molar-refractivity contribution in [2.45, 2.75) is 69.3 Å². The van der Waals surface area contributed by atoms with Gasteiger partial charge in [0.05, 0.1) is 5.60 Å². The molecular formula is C19H29NO. The average molecular weight is 287 g/mol. The standard InChI is InChI=1S/C19H29NO/c21-19(12-5-1-2-6-13-19)15-20-14-17-10-7-9-16-8-3-4-11-18(16)17/h3-4,8,11,17,20-21H,1-2,5-7,9-10,12-15H2. The van der Waals surface area contributed by atoms with Gasteiger partial charge in [-0.25, -0.2) is 0 Å². The highest BCUT2D eigenvalue weighted by atomic mass is 16.3. The minimum absolute atomic E-state index is 0.454. The van der Waals surface area contributed by atoms with Crippen LogP contribution in [0.5, 0.6) is 0 Å². The Labute approximate surface area is 129 Å². The van der Waals surface area contributed by atoms with E-state index < -0.39 is 5.60 Å². The molecule has 3 rings (SSSR count). The first-order chi connectivity index (χ1) is 10.3. The fourth-order valence-corrected chi connectivity index (χ4v) is 4.11. The molecule has 0 aromatic heterocycles. The van der Waals surface area contributed by atoms with Gasteiger partial charge in [0.15, 0.2) is 0 Å². The molecule has 0 radical (unpaired) electrons. The van der Waals surface area contributed by atoms with Gasteiger partial charge in [0.2, 0.25) is 0 Å². The number of benzene rings is 1. The zero-order valence-electron chi connectivity index (χ0n) is 13.1. The topological polar surface area (TPSA) is 32.3 Å². The van der Waals surface area contributed by atoms with Crippen LogP contribution in [0, 0.1) is 0 Å². The van der Waals surface area contributed by atoms with Crippen molar-refractivity contribution in [3.63, 3.8) is 0 Å². The van der Waals surface area contributed by atoms with Gasteiger partial charge < -0.3 is 10.4 Å². The van der Waals surface area contributed by atoms with Crippen LogP contribution in [0.3, 0.4) is 0 Å². The van der Waals surface area contributed by atoms with Gasteiger partial charge in [-0.15, -0.1) is 0 Å². The van der Waals surface area contributed by atoms with E-state index in [2.05, 4.69) is 29.6 Å². The number of fused-ring (bicyclic) bond motifs is 1. The molecule has 1 unspecified atom stereocenters. The lowest BCUT2D eigenvalue weighted by molar-refractivity contribution is 0.0251. The first-order valence-electron chi connectivity index (χ1n) is 8.78. The van der Waals surface area contributed by atoms with Gasteiger partial charge in [-0.05, 0) is 49.1 Å². The Hall–Kier alpha value is -0.860. The summed E-state index contributed by atoms with van der Waals surface area (Å²) in [6.07, 6.45) is 10.7. The van der Waals surface area contributed by atoms with Crippen LogP contribution >= 0.6 is 0 Å². The Morgan fingerprint density at radius 3 is 2.62 bits per heavy atom. The van der Waals surface area contributed by atoms with Gasteiger partial charge in [0.25, 0.3) is 0 Å².